The van der Waals surface area contributed by atoms with Gasteiger partial charge in [-0.15, -0.1) is 0 Å². The molecule has 0 fully saturated rings. The minimum absolute atomic E-state index is 0.825. The number of hydrogen-bond donors (Lipinski definition) is 0. The zero-order chi connectivity index (χ0) is 10.1. The van der Waals surface area contributed by atoms with Gasteiger partial charge in [-0.2, -0.15) is 5.10 Å². The lowest BCUT2D eigenvalue weighted by Gasteiger charge is -2.03. The fourth-order valence-corrected chi connectivity index (χ4v) is 2.46. The van der Waals surface area contributed by atoms with Crippen LogP contribution in [0.4, 0.5) is 0 Å². The third-order valence-corrected chi connectivity index (χ3v) is 2.83. The van der Waals surface area contributed by atoms with Gasteiger partial charge in [0.25, 0.3) is 0 Å². The zero-order valence-corrected chi connectivity index (χ0v) is 10.7. The Labute approximate surface area is 99.2 Å². The van der Waals surface area contributed by atoms with Gasteiger partial charge in [0.05, 0.1) is 5.69 Å². The molecule has 0 aliphatic heterocycles. The van der Waals surface area contributed by atoms with Crippen molar-refractivity contribution in [2.75, 3.05) is 0 Å². The summed E-state index contributed by atoms with van der Waals surface area (Å²) in [4.78, 5) is 0. The Bertz CT molecular complexity index is 463. The highest BCUT2D eigenvalue weighted by molar-refractivity contribution is 9.11. The quantitative estimate of drug-likeness (QED) is 0.784. The van der Waals surface area contributed by atoms with Gasteiger partial charge in [0.2, 0.25) is 0 Å². The molecule has 1 aromatic heterocycles. The van der Waals surface area contributed by atoms with E-state index < -0.39 is 0 Å². The van der Waals surface area contributed by atoms with E-state index in [1.807, 2.05) is 22.9 Å². The fraction of sp³-hybridized carbons (Fsp3) is 0.100. The summed E-state index contributed by atoms with van der Waals surface area (Å²) in [6, 6.07) is 10.1. The standard InChI is InChI=1S/C10H8Br2N2/c1-7-3-2-4-8(5-7)14-10(12)6-9(11)13-14/h2-6H,1H3. The van der Waals surface area contributed by atoms with Crippen molar-refractivity contribution in [3.8, 4) is 5.69 Å². The van der Waals surface area contributed by atoms with Crippen molar-refractivity contribution in [3.05, 3.63) is 45.1 Å². The van der Waals surface area contributed by atoms with Crippen molar-refractivity contribution in [1.82, 2.24) is 9.78 Å². The summed E-state index contributed by atoms with van der Waals surface area (Å²) in [6.45, 7) is 2.07. The van der Waals surface area contributed by atoms with E-state index in [2.05, 4.69) is 56.0 Å². The first-order valence-corrected chi connectivity index (χ1v) is 5.73. The molecule has 0 saturated carbocycles. The van der Waals surface area contributed by atoms with Gasteiger partial charge in [-0.25, -0.2) is 4.68 Å². The molecule has 0 saturated heterocycles. The van der Waals surface area contributed by atoms with Crippen molar-refractivity contribution in [1.29, 1.82) is 0 Å². The molecule has 2 rings (SSSR count). The minimum Gasteiger partial charge on any atom is -0.226 e. The molecular weight excluding hydrogens is 308 g/mol. The van der Waals surface area contributed by atoms with Crippen molar-refractivity contribution >= 4 is 31.9 Å². The monoisotopic (exact) mass is 314 g/mol. The maximum Gasteiger partial charge on any atom is 0.129 e. The number of aromatic nitrogens is 2. The molecule has 4 heteroatoms. The molecule has 72 valence electrons. The van der Waals surface area contributed by atoms with E-state index in [-0.39, 0.29) is 0 Å². The van der Waals surface area contributed by atoms with E-state index in [0.29, 0.717) is 0 Å². The Morgan fingerprint density at radius 3 is 2.57 bits per heavy atom. The maximum absolute atomic E-state index is 4.31. The van der Waals surface area contributed by atoms with Gasteiger partial charge >= 0.3 is 0 Å². The highest BCUT2D eigenvalue weighted by Crippen LogP contribution is 2.21. The lowest BCUT2D eigenvalue weighted by molar-refractivity contribution is 0.851. The third kappa shape index (κ3) is 1.91. The summed E-state index contributed by atoms with van der Waals surface area (Å²) < 4.78 is 3.61. The number of hydrogen-bond acceptors (Lipinski definition) is 1. The molecule has 2 nitrogen and oxygen atoms in total. The summed E-state index contributed by atoms with van der Waals surface area (Å²) in [7, 11) is 0. The Hall–Kier alpha value is -0.610. The van der Waals surface area contributed by atoms with E-state index >= 15 is 0 Å². The molecule has 1 aromatic carbocycles. The summed E-state index contributed by atoms with van der Waals surface area (Å²) in [5.41, 5.74) is 2.28. The SMILES string of the molecule is Cc1cccc(-n2nc(Br)cc2Br)c1. The molecule has 1 heterocycles. The van der Waals surface area contributed by atoms with Gasteiger partial charge in [0, 0.05) is 6.07 Å². The molecule has 2 aromatic rings. The number of halogens is 2. The highest BCUT2D eigenvalue weighted by Gasteiger charge is 2.04. The van der Waals surface area contributed by atoms with Crippen LogP contribution in [0.1, 0.15) is 5.56 Å². The van der Waals surface area contributed by atoms with E-state index in [1.165, 1.54) is 5.56 Å². The molecule has 0 atom stereocenters. The number of benzene rings is 1. The first-order valence-electron chi connectivity index (χ1n) is 4.15. The number of aryl methyl sites for hydroxylation is 1. The number of rotatable bonds is 1. The normalized spacial score (nSPS) is 10.5. The van der Waals surface area contributed by atoms with Crippen LogP contribution in [0, 0.1) is 6.92 Å². The third-order valence-electron chi connectivity index (χ3n) is 1.88. The van der Waals surface area contributed by atoms with Crippen LogP contribution >= 0.6 is 31.9 Å². The highest BCUT2D eigenvalue weighted by atomic mass is 79.9. The second-order valence-corrected chi connectivity index (χ2v) is 4.67. The van der Waals surface area contributed by atoms with Crippen LogP contribution in [0.5, 0.6) is 0 Å². The molecular formula is C10H8Br2N2. The van der Waals surface area contributed by atoms with Crippen molar-refractivity contribution in [2.45, 2.75) is 6.92 Å². The molecule has 14 heavy (non-hydrogen) atoms. The summed E-state index contributed by atoms with van der Waals surface area (Å²) in [5.74, 6) is 0. The van der Waals surface area contributed by atoms with E-state index in [0.717, 1.165) is 14.9 Å². The van der Waals surface area contributed by atoms with Crippen LogP contribution in [0.3, 0.4) is 0 Å². The van der Waals surface area contributed by atoms with Crippen molar-refractivity contribution in [3.63, 3.8) is 0 Å². The minimum atomic E-state index is 0.825. The molecule has 0 radical (unpaired) electrons. The zero-order valence-electron chi connectivity index (χ0n) is 7.54. The average Bonchev–Trinajstić information content (AvgIpc) is 2.45. The predicted molar refractivity (Wildman–Crippen MR) is 63.7 cm³/mol. The van der Waals surface area contributed by atoms with E-state index in [9.17, 15) is 0 Å². The summed E-state index contributed by atoms with van der Waals surface area (Å²) >= 11 is 6.79. The van der Waals surface area contributed by atoms with Crippen LogP contribution in [0.2, 0.25) is 0 Å². The van der Waals surface area contributed by atoms with Gasteiger partial charge in [-0.05, 0) is 56.5 Å². The first-order chi connectivity index (χ1) is 6.66. The van der Waals surface area contributed by atoms with Crippen LogP contribution in [-0.4, -0.2) is 9.78 Å². The predicted octanol–water partition coefficient (Wildman–Crippen LogP) is 3.71. The maximum atomic E-state index is 4.31. The van der Waals surface area contributed by atoms with Gasteiger partial charge in [0.1, 0.15) is 9.21 Å². The average molecular weight is 316 g/mol. The lowest BCUT2D eigenvalue weighted by atomic mass is 10.2. The second kappa shape index (κ2) is 3.87. The number of nitrogens with zero attached hydrogens (tertiary/aromatic N) is 2. The van der Waals surface area contributed by atoms with Crippen LogP contribution in [0.15, 0.2) is 39.5 Å². The van der Waals surface area contributed by atoms with Crippen LogP contribution in [-0.2, 0) is 0 Å². The van der Waals surface area contributed by atoms with Gasteiger partial charge in [0.15, 0.2) is 0 Å². The smallest absolute Gasteiger partial charge is 0.129 e. The van der Waals surface area contributed by atoms with E-state index in [4.69, 9.17) is 0 Å². The molecule has 0 spiro atoms. The Kier molecular flexibility index (Phi) is 2.74. The van der Waals surface area contributed by atoms with Crippen molar-refractivity contribution in [2.24, 2.45) is 0 Å². The summed E-state index contributed by atoms with van der Waals surface area (Å²) in [6.07, 6.45) is 0. The molecule has 0 aliphatic rings. The Morgan fingerprint density at radius 1 is 1.21 bits per heavy atom. The van der Waals surface area contributed by atoms with E-state index in [1.54, 1.807) is 0 Å². The lowest BCUT2D eigenvalue weighted by Crippen LogP contribution is -1.96. The molecule has 0 unspecified atom stereocenters. The van der Waals surface area contributed by atoms with Crippen molar-refractivity contribution < 1.29 is 0 Å². The van der Waals surface area contributed by atoms with Gasteiger partial charge in [-0.3, -0.25) is 0 Å². The molecule has 0 amide bonds. The van der Waals surface area contributed by atoms with Crippen LogP contribution in [0.25, 0.3) is 5.69 Å². The Balaban J connectivity index is 2.54. The fourth-order valence-electron chi connectivity index (χ4n) is 1.27. The molecule has 0 bridgehead atoms. The topological polar surface area (TPSA) is 17.8 Å². The van der Waals surface area contributed by atoms with Gasteiger partial charge in [-0.1, -0.05) is 12.1 Å². The molecule has 0 N–H and O–H groups in total. The second-order valence-electron chi connectivity index (χ2n) is 3.04. The molecule has 0 aliphatic carbocycles. The largest absolute Gasteiger partial charge is 0.226 e. The Morgan fingerprint density at radius 2 is 2.00 bits per heavy atom. The van der Waals surface area contributed by atoms with Crippen LogP contribution < -0.4 is 0 Å². The first kappa shape index (κ1) is 9.93. The summed E-state index contributed by atoms with van der Waals surface area (Å²) in [5, 5.41) is 4.31. The van der Waals surface area contributed by atoms with Gasteiger partial charge < -0.3 is 0 Å².